The van der Waals surface area contributed by atoms with E-state index in [1.54, 1.807) is 24.4 Å². The lowest BCUT2D eigenvalue weighted by atomic mass is 9.96. The van der Waals surface area contributed by atoms with Crippen LogP contribution in [0.25, 0.3) is 0 Å². The van der Waals surface area contributed by atoms with Crippen LogP contribution in [0.3, 0.4) is 0 Å². The maximum absolute atomic E-state index is 11.7. The van der Waals surface area contributed by atoms with Crippen LogP contribution in [0.2, 0.25) is 0 Å². The average Bonchev–Trinajstić information content (AvgIpc) is 2.54. The van der Waals surface area contributed by atoms with Crippen molar-refractivity contribution in [2.24, 2.45) is 5.92 Å². The molecular weight excluding hydrogens is 268 g/mol. The molecule has 1 saturated heterocycles. The van der Waals surface area contributed by atoms with Gasteiger partial charge in [-0.15, -0.1) is 0 Å². The molecule has 0 aromatic carbocycles. The predicted octanol–water partition coefficient (Wildman–Crippen LogP) is 0.317. The van der Waals surface area contributed by atoms with Crippen LogP contribution < -0.4 is 16.0 Å². The minimum Gasteiger partial charge on any atom is -0.355 e. The Morgan fingerprint density at radius 3 is 2.95 bits per heavy atom. The maximum Gasteiger partial charge on any atom is 0.270 e. The van der Waals surface area contributed by atoms with Gasteiger partial charge < -0.3 is 16.0 Å². The van der Waals surface area contributed by atoms with E-state index in [1.165, 1.54) is 12.8 Å². The number of carbonyl (C=O) groups excluding carboxylic acids is 2. The molecular formula is C15H22N4O2. The van der Waals surface area contributed by atoms with E-state index in [-0.39, 0.29) is 18.4 Å². The third kappa shape index (κ3) is 5.51. The highest BCUT2D eigenvalue weighted by molar-refractivity contribution is 5.94. The molecule has 3 N–H and O–H groups in total. The van der Waals surface area contributed by atoms with Gasteiger partial charge in [-0.1, -0.05) is 6.07 Å². The number of amides is 2. The molecule has 0 bridgehead atoms. The molecule has 2 heterocycles. The van der Waals surface area contributed by atoms with E-state index in [2.05, 4.69) is 20.9 Å². The van der Waals surface area contributed by atoms with Gasteiger partial charge in [-0.2, -0.15) is 0 Å². The van der Waals surface area contributed by atoms with Crippen LogP contribution in [0.15, 0.2) is 24.4 Å². The number of piperidine rings is 1. The van der Waals surface area contributed by atoms with Crippen molar-refractivity contribution in [2.75, 3.05) is 26.2 Å². The molecule has 0 aliphatic carbocycles. The lowest BCUT2D eigenvalue weighted by Gasteiger charge is -2.22. The Hall–Kier alpha value is -1.95. The number of nitrogens with zero attached hydrogens (tertiary/aromatic N) is 1. The van der Waals surface area contributed by atoms with Crippen molar-refractivity contribution in [1.29, 1.82) is 0 Å². The van der Waals surface area contributed by atoms with Gasteiger partial charge in [0.2, 0.25) is 5.91 Å². The summed E-state index contributed by atoms with van der Waals surface area (Å²) >= 11 is 0. The lowest BCUT2D eigenvalue weighted by molar-refractivity contribution is -0.120. The first kappa shape index (κ1) is 15.4. The molecule has 0 saturated carbocycles. The van der Waals surface area contributed by atoms with Crippen molar-refractivity contribution < 1.29 is 9.59 Å². The zero-order valence-electron chi connectivity index (χ0n) is 12.1. The van der Waals surface area contributed by atoms with Gasteiger partial charge in [0.15, 0.2) is 0 Å². The molecule has 2 amide bonds. The van der Waals surface area contributed by atoms with E-state index in [1.807, 2.05) is 0 Å². The molecule has 1 aliphatic rings. The van der Waals surface area contributed by atoms with Crippen LogP contribution in [-0.4, -0.2) is 43.0 Å². The summed E-state index contributed by atoms with van der Waals surface area (Å²) < 4.78 is 0. The summed E-state index contributed by atoms with van der Waals surface area (Å²) in [5, 5.41) is 8.75. The number of rotatable bonds is 6. The molecule has 1 atom stereocenters. The van der Waals surface area contributed by atoms with Crippen molar-refractivity contribution in [1.82, 2.24) is 20.9 Å². The Morgan fingerprint density at radius 1 is 1.33 bits per heavy atom. The highest BCUT2D eigenvalue weighted by Crippen LogP contribution is 2.12. The van der Waals surface area contributed by atoms with Gasteiger partial charge in [0.25, 0.3) is 5.91 Å². The lowest BCUT2D eigenvalue weighted by Crippen LogP contribution is -2.38. The number of carbonyl (C=O) groups is 2. The molecule has 114 valence electrons. The second-order valence-corrected chi connectivity index (χ2v) is 5.25. The summed E-state index contributed by atoms with van der Waals surface area (Å²) in [5.41, 5.74) is 0.318. The van der Waals surface area contributed by atoms with Crippen molar-refractivity contribution >= 4 is 11.8 Å². The highest BCUT2D eigenvalue weighted by Gasteiger charge is 2.13. The Labute approximate surface area is 124 Å². The molecule has 0 radical (unpaired) electrons. The molecule has 1 aromatic heterocycles. The molecule has 1 fully saturated rings. The second-order valence-electron chi connectivity index (χ2n) is 5.25. The van der Waals surface area contributed by atoms with Crippen LogP contribution in [-0.2, 0) is 4.79 Å². The Morgan fingerprint density at radius 2 is 2.24 bits per heavy atom. The zero-order valence-corrected chi connectivity index (χ0v) is 12.1. The standard InChI is InChI=1S/C15H22N4O2/c20-14(18-9-6-12-4-3-7-16-10-12)11-19-15(21)13-5-1-2-8-17-13/h1-2,5,8,12,16H,3-4,6-7,9-11H2,(H,18,20)(H,19,21). The number of pyridine rings is 1. The fraction of sp³-hybridized carbons (Fsp3) is 0.533. The fourth-order valence-electron chi connectivity index (χ4n) is 2.40. The molecule has 6 heteroatoms. The number of hydrogen-bond acceptors (Lipinski definition) is 4. The summed E-state index contributed by atoms with van der Waals surface area (Å²) in [6, 6.07) is 5.09. The van der Waals surface area contributed by atoms with Gasteiger partial charge >= 0.3 is 0 Å². The minimum absolute atomic E-state index is 0.0156. The van der Waals surface area contributed by atoms with Crippen LogP contribution in [0.5, 0.6) is 0 Å². The van der Waals surface area contributed by atoms with E-state index < -0.39 is 0 Å². The number of aromatic nitrogens is 1. The Balaban J connectivity index is 1.60. The number of hydrogen-bond donors (Lipinski definition) is 3. The van der Waals surface area contributed by atoms with Crippen LogP contribution in [0, 0.1) is 5.92 Å². The van der Waals surface area contributed by atoms with Gasteiger partial charge in [-0.25, -0.2) is 0 Å². The van der Waals surface area contributed by atoms with E-state index in [4.69, 9.17) is 0 Å². The highest BCUT2D eigenvalue weighted by atomic mass is 16.2. The molecule has 21 heavy (non-hydrogen) atoms. The molecule has 6 nitrogen and oxygen atoms in total. The summed E-state index contributed by atoms with van der Waals surface area (Å²) in [5.74, 6) is 0.146. The number of nitrogens with one attached hydrogen (secondary N) is 3. The van der Waals surface area contributed by atoms with E-state index in [9.17, 15) is 9.59 Å². The smallest absolute Gasteiger partial charge is 0.270 e. The SMILES string of the molecule is O=C(CNC(=O)c1ccccn1)NCCC1CCCNC1. The first-order valence-corrected chi connectivity index (χ1v) is 7.42. The molecule has 1 unspecified atom stereocenters. The third-order valence-corrected chi connectivity index (χ3v) is 3.58. The fourth-order valence-corrected chi connectivity index (χ4v) is 2.40. The first-order chi connectivity index (χ1) is 10.3. The summed E-state index contributed by atoms with van der Waals surface area (Å²) in [6.07, 6.45) is 4.96. The first-order valence-electron chi connectivity index (χ1n) is 7.42. The quantitative estimate of drug-likeness (QED) is 0.704. The Kier molecular flexibility index (Phi) is 6.15. The van der Waals surface area contributed by atoms with Crippen LogP contribution in [0.4, 0.5) is 0 Å². The Bertz CT molecular complexity index is 458. The van der Waals surface area contributed by atoms with Crippen molar-refractivity contribution in [3.05, 3.63) is 30.1 Å². The van der Waals surface area contributed by atoms with Gasteiger partial charge in [0, 0.05) is 12.7 Å². The van der Waals surface area contributed by atoms with Crippen molar-refractivity contribution in [3.63, 3.8) is 0 Å². The second kappa shape index (κ2) is 8.36. The van der Waals surface area contributed by atoms with Crippen molar-refractivity contribution in [2.45, 2.75) is 19.3 Å². The van der Waals surface area contributed by atoms with Gasteiger partial charge in [0.05, 0.1) is 6.54 Å². The van der Waals surface area contributed by atoms with Gasteiger partial charge in [-0.3, -0.25) is 14.6 Å². The molecule has 1 aromatic rings. The average molecular weight is 290 g/mol. The molecule has 2 rings (SSSR count). The molecule has 0 spiro atoms. The van der Waals surface area contributed by atoms with E-state index in [0.29, 0.717) is 18.2 Å². The predicted molar refractivity (Wildman–Crippen MR) is 79.8 cm³/mol. The summed E-state index contributed by atoms with van der Waals surface area (Å²) in [4.78, 5) is 27.3. The molecule has 1 aliphatic heterocycles. The third-order valence-electron chi connectivity index (χ3n) is 3.58. The summed E-state index contributed by atoms with van der Waals surface area (Å²) in [6.45, 7) is 2.78. The zero-order chi connectivity index (χ0) is 14.9. The maximum atomic E-state index is 11.7. The van der Waals surface area contributed by atoms with Gasteiger partial charge in [0.1, 0.15) is 5.69 Å². The topological polar surface area (TPSA) is 83.1 Å². The minimum atomic E-state index is -0.331. The van der Waals surface area contributed by atoms with Crippen LogP contribution in [0.1, 0.15) is 29.8 Å². The monoisotopic (exact) mass is 290 g/mol. The van der Waals surface area contributed by atoms with Crippen LogP contribution >= 0.6 is 0 Å². The largest absolute Gasteiger partial charge is 0.355 e. The van der Waals surface area contributed by atoms with Gasteiger partial charge in [-0.05, 0) is 50.4 Å². The van der Waals surface area contributed by atoms with E-state index >= 15 is 0 Å². The summed E-state index contributed by atoms with van der Waals surface area (Å²) in [7, 11) is 0. The van der Waals surface area contributed by atoms with E-state index in [0.717, 1.165) is 19.5 Å². The normalized spacial score (nSPS) is 18.0. The van der Waals surface area contributed by atoms with Crippen molar-refractivity contribution in [3.8, 4) is 0 Å².